The number of nitrogens with one attached hydrogen (secondary N) is 2. The zero-order valence-electron chi connectivity index (χ0n) is 24.2. The Labute approximate surface area is 255 Å². The van der Waals surface area contributed by atoms with Crippen LogP contribution in [0, 0.1) is 12.3 Å². The van der Waals surface area contributed by atoms with Crippen molar-refractivity contribution in [2.75, 3.05) is 17.5 Å². The maximum atomic E-state index is 14.2. The molecule has 1 heterocycles. The average molecular weight is 610 g/mol. The number of aryl methyl sites for hydroxylation is 1. The molecule has 0 fully saturated rings. The highest BCUT2D eigenvalue weighted by atomic mass is 32.2. The fraction of sp³-hybridized carbons (Fsp3) is 0.152. The van der Waals surface area contributed by atoms with Gasteiger partial charge in [-0.15, -0.1) is 0 Å². The predicted octanol–water partition coefficient (Wildman–Crippen LogP) is 4.67. The number of hydrogen-bond acceptors (Lipinski definition) is 7. The monoisotopic (exact) mass is 609 g/mol. The van der Waals surface area contributed by atoms with Gasteiger partial charge in [-0.25, -0.2) is 8.42 Å². The highest BCUT2D eigenvalue weighted by molar-refractivity contribution is 7.93. The number of carbonyl (C=O) groups excluding carboxylic acids is 2. The first-order chi connectivity index (χ1) is 21.1. The molecule has 1 aromatic heterocycles. The van der Waals surface area contributed by atoms with Crippen LogP contribution in [-0.4, -0.2) is 44.3 Å². The summed E-state index contributed by atoms with van der Waals surface area (Å²) in [6, 6.07) is 23.8. The number of sulfonamides is 1. The summed E-state index contributed by atoms with van der Waals surface area (Å²) < 4.78 is 34.4. The van der Waals surface area contributed by atoms with Gasteiger partial charge in [-0.2, -0.15) is 0 Å². The lowest BCUT2D eigenvalue weighted by atomic mass is 10.0. The van der Waals surface area contributed by atoms with E-state index in [0.717, 1.165) is 15.4 Å². The third-order valence-corrected chi connectivity index (χ3v) is 8.88. The van der Waals surface area contributed by atoms with E-state index < -0.39 is 22.5 Å². The van der Waals surface area contributed by atoms with E-state index in [9.17, 15) is 18.0 Å². The van der Waals surface area contributed by atoms with Crippen molar-refractivity contribution in [3.05, 3.63) is 113 Å². The zero-order chi connectivity index (χ0) is 31.4. The number of nitrogen functional groups attached to an aromatic ring is 1. The van der Waals surface area contributed by atoms with Crippen molar-refractivity contribution in [1.29, 1.82) is 5.41 Å². The number of benzene rings is 4. The fourth-order valence-corrected chi connectivity index (χ4v) is 6.48. The van der Waals surface area contributed by atoms with Gasteiger partial charge in [-0.1, -0.05) is 54.6 Å². The highest BCUT2D eigenvalue weighted by Crippen LogP contribution is 2.31. The third-order valence-electron chi connectivity index (χ3n) is 7.07. The van der Waals surface area contributed by atoms with Crippen LogP contribution in [0.5, 0.6) is 0 Å². The maximum absolute atomic E-state index is 14.2. The van der Waals surface area contributed by atoms with E-state index in [4.69, 9.17) is 15.9 Å². The number of ether oxygens (including phenoxy) is 1. The Balaban J connectivity index is 1.49. The molecule has 0 radical (unpaired) electrons. The second kappa shape index (κ2) is 12.5. The molecule has 5 rings (SSSR count). The highest BCUT2D eigenvalue weighted by Gasteiger charge is 2.30. The van der Waals surface area contributed by atoms with Crippen LogP contribution >= 0.6 is 0 Å². The minimum Gasteiger partial charge on any atom is -0.465 e. The molecular formula is C33H31N5O5S. The molecular weight excluding hydrogens is 578 g/mol. The molecule has 4 aromatic carbocycles. The summed E-state index contributed by atoms with van der Waals surface area (Å²) in [4.78, 5) is 30.2. The van der Waals surface area contributed by atoms with Gasteiger partial charge < -0.3 is 15.8 Å². The molecule has 0 saturated heterocycles. The molecule has 0 spiro atoms. The number of nitrogens with zero attached hydrogens (tertiary/aromatic N) is 2. The summed E-state index contributed by atoms with van der Waals surface area (Å²) in [5, 5.41) is 12.3. The standard InChI is InChI=1S/C33H31N5O5S/c1-3-43-30(39)20-38(44(41,42)29-9-5-7-25-16-21(2)18-36-31(25)29)26-14-15-27-24(17-26)6-4-8-28(27)33(40)37-19-22-10-12-23(13-11-22)32(34)35/h4-18H,3,19-20H2,1-2H3,(H3,34,35)(H,37,40). The zero-order valence-corrected chi connectivity index (χ0v) is 25.0. The van der Waals surface area contributed by atoms with Gasteiger partial charge in [0.25, 0.3) is 15.9 Å². The number of para-hydroxylation sites is 1. The van der Waals surface area contributed by atoms with Gasteiger partial charge in [0.05, 0.1) is 17.8 Å². The second-order valence-corrected chi connectivity index (χ2v) is 12.0. The Morgan fingerprint density at radius 1 is 0.977 bits per heavy atom. The van der Waals surface area contributed by atoms with E-state index in [0.29, 0.717) is 32.8 Å². The number of nitrogens with two attached hydrogens (primary N) is 1. The fourth-order valence-electron chi connectivity index (χ4n) is 4.91. The van der Waals surface area contributed by atoms with Crippen molar-refractivity contribution >= 4 is 55.1 Å². The molecule has 0 unspecified atom stereocenters. The second-order valence-electron chi connectivity index (χ2n) is 10.2. The van der Waals surface area contributed by atoms with Crippen LogP contribution in [-0.2, 0) is 26.1 Å². The van der Waals surface area contributed by atoms with Crippen LogP contribution in [0.1, 0.15) is 34.0 Å². The topological polar surface area (TPSA) is 156 Å². The van der Waals surface area contributed by atoms with E-state index in [1.807, 2.05) is 13.0 Å². The first kappa shape index (κ1) is 30.2. The van der Waals surface area contributed by atoms with E-state index in [2.05, 4.69) is 10.3 Å². The number of pyridine rings is 1. The number of amidine groups is 1. The predicted molar refractivity (Wildman–Crippen MR) is 170 cm³/mol. The molecule has 0 bridgehead atoms. The van der Waals surface area contributed by atoms with Crippen molar-refractivity contribution in [3.8, 4) is 0 Å². The Morgan fingerprint density at radius 2 is 1.70 bits per heavy atom. The molecule has 10 nitrogen and oxygen atoms in total. The largest absolute Gasteiger partial charge is 0.465 e. The summed E-state index contributed by atoms with van der Waals surface area (Å²) in [5.41, 5.74) is 8.76. The van der Waals surface area contributed by atoms with E-state index in [1.165, 1.54) is 6.07 Å². The summed E-state index contributed by atoms with van der Waals surface area (Å²) in [5.74, 6) is -1.05. The van der Waals surface area contributed by atoms with Crippen molar-refractivity contribution in [2.45, 2.75) is 25.3 Å². The Kier molecular flexibility index (Phi) is 8.59. The van der Waals surface area contributed by atoms with Crippen molar-refractivity contribution in [1.82, 2.24) is 10.3 Å². The van der Waals surface area contributed by atoms with E-state index >= 15 is 0 Å². The van der Waals surface area contributed by atoms with Gasteiger partial charge in [0.15, 0.2) is 0 Å². The van der Waals surface area contributed by atoms with Gasteiger partial charge in [-0.3, -0.25) is 24.3 Å². The quantitative estimate of drug-likeness (QED) is 0.118. The number of rotatable bonds is 10. The first-order valence-corrected chi connectivity index (χ1v) is 15.3. The van der Waals surface area contributed by atoms with E-state index in [1.54, 1.807) is 85.9 Å². The number of anilines is 1. The number of fused-ring (bicyclic) bond motifs is 2. The Bertz CT molecular complexity index is 2010. The summed E-state index contributed by atoms with van der Waals surface area (Å²) in [6.07, 6.45) is 1.60. The molecule has 0 aliphatic carbocycles. The van der Waals surface area contributed by atoms with Crippen LogP contribution < -0.4 is 15.4 Å². The van der Waals surface area contributed by atoms with Gasteiger partial charge in [0.2, 0.25) is 0 Å². The van der Waals surface area contributed by atoms with Crippen LogP contribution in [0.3, 0.4) is 0 Å². The van der Waals surface area contributed by atoms with Gasteiger partial charge in [-0.05, 0) is 66.1 Å². The Morgan fingerprint density at radius 3 is 2.43 bits per heavy atom. The van der Waals surface area contributed by atoms with Gasteiger partial charge in [0.1, 0.15) is 17.3 Å². The molecule has 0 saturated carbocycles. The Hall–Kier alpha value is -5.29. The van der Waals surface area contributed by atoms with Gasteiger partial charge in [0, 0.05) is 29.3 Å². The summed E-state index contributed by atoms with van der Waals surface area (Å²) in [7, 11) is -4.28. The first-order valence-electron chi connectivity index (χ1n) is 13.9. The van der Waals surface area contributed by atoms with Crippen LogP contribution in [0.15, 0.2) is 96.0 Å². The number of aromatic nitrogens is 1. The SMILES string of the molecule is CCOC(=O)CN(c1ccc2c(C(=O)NCc3ccc(C(=N)N)cc3)cccc2c1)S(=O)(=O)c1cccc2cc(C)cnc12. The lowest BCUT2D eigenvalue weighted by Crippen LogP contribution is -2.36. The van der Waals surface area contributed by atoms with Crippen LogP contribution in [0.4, 0.5) is 5.69 Å². The van der Waals surface area contributed by atoms with Crippen molar-refractivity contribution in [2.24, 2.45) is 5.73 Å². The van der Waals surface area contributed by atoms with E-state index in [-0.39, 0.29) is 35.5 Å². The smallest absolute Gasteiger partial charge is 0.326 e. The number of esters is 1. The van der Waals surface area contributed by atoms with Gasteiger partial charge >= 0.3 is 5.97 Å². The molecule has 11 heteroatoms. The molecule has 4 N–H and O–H groups in total. The third kappa shape index (κ3) is 6.23. The molecule has 0 atom stereocenters. The molecule has 0 aliphatic heterocycles. The normalized spacial score (nSPS) is 11.3. The number of hydrogen-bond donors (Lipinski definition) is 3. The molecule has 1 amide bonds. The van der Waals surface area contributed by atoms with Crippen molar-refractivity contribution in [3.63, 3.8) is 0 Å². The van der Waals surface area contributed by atoms with Crippen LogP contribution in [0.25, 0.3) is 21.7 Å². The lowest BCUT2D eigenvalue weighted by Gasteiger charge is -2.24. The van der Waals surface area contributed by atoms with Crippen molar-refractivity contribution < 1.29 is 22.7 Å². The maximum Gasteiger partial charge on any atom is 0.326 e. The lowest BCUT2D eigenvalue weighted by molar-refractivity contribution is -0.141. The molecule has 0 aliphatic rings. The van der Waals surface area contributed by atoms with Crippen LogP contribution in [0.2, 0.25) is 0 Å². The number of amides is 1. The minimum absolute atomic E-state index is 0.0341. The molecule has 224 valence electrons. The minimum atomic E-state index is -4.28. The average Bonchev–Trinajstić information content (AvgIpc) is 3.01. The molecule has 5 aromatic rings. The summed E-state index contributed by atoms with van der Waals surface area (Å²) >= 11 is 0. The number of carbonyl (C=O) groups is 2. The summed E-state index contributed by atoms with van der Waals surface area (Å²) in [6.45, 7) is 3.33. The molecule has 44 heavy (non-hydrogen) atoms.